The summed E-state index contributed by atoms with van der Waals surface area (Å²) < 4.78 is 1.82. The topological polar surface area (TPSA) is 70.2 Å². The van der Waals surface area contributed by atoms with Crippen LogP contribution >= 0.6 is 11.6 Å². The van der Waals surface area contributed by atoms with E-state index in [1.54, 1.807) is 67.3 Å². The molecule has 0 aliphatic carbocycles. The first-order chi connectivity index (χ1) is 12.1. The number of allylic oxidation sites excluding steroid dienone is 1. The van der Waals surface area contributed by atoms with Crippen LogP contribution in [0.2, 0.25) is 5.02 Å². The minimum absolute atomic E-state index is 0.182. The van der Waals surface area contributed by atoms with Gasteiger partial charge >= 0.3 is 0 Å². The third-order valence-corrected chi connectivity index (χ3v) is 3.82. The minimum Gasteiger partial charge on any atom is -0.333 e. The van der Waals surface area contributed by atoms with Crippen LogP contribution in [0.1, 0.15) is 11.1 Å². The lowest BCUT2D eigenvalue weighted by molar-refractivity contribution is -0.730. The quantitative estimate of drug-likeness (QED) is 0.286. The average Bonchev–Trinajstić information content (AvgIpc) is 3.13. The van der Waals surface area contributed by atoms with Gasteiger partial charge in [0.1, 0.15) is 5.76 Å². The number of nitrogens with zero attached hydrogens (tertiary/aromatic N) is 3. The van der Waals surface area contributed by atoms with Gasteiger partial charge in [-0.3, -0.25) is 4.84 Å². The predicted octanol–water partition coefficient (Wildman–Crippen LogP) is 4.31. The lowest BCUT2D eigenvalue weighted by Gasteiger charge is -2.15. The largest absolute Gasteiger partial charge is 0.333 e. The molecule has 0 bridgehead atoms. The van der Waals surface area contributed by atoms with Crippen LogP contribution in [0.5, 0.6) is 0 Å². The fraction of sp³-hybridized carbons (Fsp3) is 0.0556. The maximum atomic E-state index is 11.1. The molecule has 1 heterocycles. The molecule has 3 aromatic rings. The molecular formula is C18H14ClN3O3. The molecule has 126 valence electrons. The molecule has 0 aliphatic heterocycles. The number of rotatable bonds is 6. The van der Waals surface area contributed by atoms with Crippen molar-refractivity contribution < 1.29 is 9.92 Å². The highest BCUT2D eigenvalue weighted by molar-refractivity contribution is 6.30. The first-order valence-electron chi connectivity index (χ1n) is 7.46. The van der Waals surface area contributed by atoms with Crippen LogP contribution in [0, 0.1) is 10.1 Å². The summed E-state index contributed by atoms with van der Waals surface area (Å²) in [5, 5.41) is 10.9. The van der Waals surface area contributed by atoms with Crippen molar-refractivity contribution in [3.63, 3.8) is 0 Å². The van der Waals surface area contributed by atoms with E-state index in [9.17, 15) is 10.1 Å². The molecule has 0 N–H and O–H groups in total. The zero-order chi connectivity index (χ0) is 17.6. The maximum Gasteiger partial charge on any atom is 0.299 e. The van der Waals surface area contributed by atoms with Gasteiger partial charge in [0, 0.05) is 28.6 Å². The highest BCUT2D eigenvalue weighted by Gasteiger charge is 2.16. The van der Waals surface area contributed by atoms with Crippen molar-refractivity contribution in [3.8, 4) is 0 Å². The van der Waals surface area contributed by atoms with Gasteiger partial charge in [-0.25, -0.2) is 4.98 Å². The Morgan fingerprint density at radius 2 is 1.84 bits per heavy atom. The predicted molar refractivity (Wildman–Crippen MR) is 95.0 cm³/mol. The van der Waals surface area contributed by atoms with Crippen molar-refractivity contribution in [3.05, 3.63) is 99.6 Å². The van der Waals surface area contributed by atoms with Gasteiger partial charge in [-0.1, -0.05) is 54.1 Å². The van der Waals surface area contributed by atoms with Crippen molar-refractivity contribution >= 4 is 22.9 Å². The van der Waals surface area contributed by atoms with Crippen LogP contribution in [-0.2, 0) is 11.4 Å². The number of imidazole rings is 1. The van der Waals surface area contributed by atoms with Crippen LogP contribution in [0.15, 0.2) is 73.3 Å². The van der Waals surface area contributed by atoms with E-state index in [1.165, 1.54) is 0 Å². The van der Waals surface area contributed by atoms with Crippen molar-refractivity contribution in [2.75, 3.05) is 0 Å². The average molecular weight is 356 g/mol. The van der Waals surface area contributed by atoms with Crippen LogP contribution < -0.4 is 0 Å². The summed E-state index contributed by atoms with van der Waals surface area (Å²) in [7, 11) is 0. The molecule has 0 unspecified atom stereocenters. The van der Waals surface area contributed by atoms with Gasteiger partial charge in [0.05, 0.1) is 12.9 Å². The highest BCUT2D eigenvalue weighted by Crippen LogP contribution is 2.29. The Labute approximate surface area is 149 Å². The van der Waals surface area contributed by atoms with E-state index in [1.807, 2.05) is 10.6 Å². The van der Waals surface area contributed by atoms with Gasteiger partial charge in [0.15, 0.2) is 0 Å². The Morgan fingerprint density at radius 1 is 1.12 bits per heavy atom. The molecule has 0 amide bonds. The third kappa shape index (κ3) is 4.24. The molecule has 25 heavy (non-hydrogen) atoms. The fourth-order valence-electron chi connectivity index (χ4n) is 2.45. The second-order valence-corrected chi connectivity index (χ2v) is 5.67. The second kappa shape index (κ2) is 7.63. The van der Waals surface area contributed by atoms with E-state index in [0.717, 1.165) is 5.56 Å². The summed E-state index contributed by atoms with van der Waals surface area (Å²) in [6.07, 6.45) is 5.07. The number of hydrogen-bond acceptors (Lipinski definition) is 4. The second-order valence-electron chi connectivity index (χ2n) is 5.23. The molecule has 0 saturated carbocycles. The summed E-state index contributed by atoms with van der Waals surface area (Å²) >= 11 is 5.97. The van der Waals surface area contributed by atoms with E-state index < -0.39 is 5.09 Å². The summed E-state index contributed by atoms with van der Waals surface area (Å²) in [6, 6.07) is 16.1. The summed E-state index contributed by atoms with van der Waals surface area (Å²) in [5.41, 5.74) is 2.04. The van der Waals surface area contributed by atoms with Crippen molar-refractivity contribution in [2.45, 2.75) is 6.54 Å². The minimum atomic E-state index is -0.799. The molecule has 2 aromatic carbocycles. The lowest BCUT2D eigenvalue weighted by Crippen LogP contribution is -2.07. The highest BCUT2D eigenvalue weighted by atomic mass is 35.5. The van der Waals surface area contributed by atoms with Gasteiger partial charge < -0.3 is 4.57 Å². The number of halogens is 1. The van der Waals surface area contributed by atoms with E-state index >= 15 is 0 Å². The molecule has 6 nitrogen and oxygen atoms in total. The number of benzene rings is 2. The Kier molecular flexibility index (Phi) is 5.11. The molecule has 0 spiro atoms. The summed E-state index contributed by atoms with van der Waals surface area (Å²) in [4.78, 5) is 20.1. The van der Waals surface area contributed by atoms with Crippen molar-refractivity contribution in [2.24, 2.45) is 0 Å². The Hall–Kier alpha value is -3.12. The summed E-state index contributed by atoms with van der Waals surface area (Å²) in [5.74, 6) is 0.182. The molecule has 7 heteroatoms. The Bertz CT molecular complexity index is 876. The van der Waals surface area contributed by atoms with Crippen molar-refractivity contribution in [1.82, 2.24) is 9.55 Å². The van der Waals surface area contributed by atoms with Gasteiger partial charge in [-0.05, 0) is 17.7 Å². The van der Waals surface area contributed by atoms with Gasteiger partial charge in [-0.2, -0.15) is 0 Å². The molecule has 1 aromatic heterocycles. The molecule has 0 atom stereocenters. The molecule has 3 rings (SSSR count). The van der Waals surface area contributed by atoms with E-state index in [4.69, 9.17) is 16.4 Å². The molecule has 0 fully saturated rings. The zero-order valence-corrected chi connectivity index (χ0v) is 13.8. The molecule has 0 saturated heterocycles. The van der Waals surface area contributed by atoms with Crippen LogP contribution in [-0.4, -0.2) is 14.6 Å². The number of hydrogen-bond donors (Lipinski definition) is 0. The standard InChI is InChI=1S/C18H14ClN3O3/c19-16-8-6-14(7-9-16)17(12-21-11-10-20-13-21)18(25-22(23)24)15-4-2-1-3-5-15/h1-11,13H,12H2/b18-17-. The SMILES string of the molecule is O=[N+]([O-])O/C(=C(/Cn1ccnc1)c1ccc(Cl)cc1)c1ccccc1. The Balaban J connectivity index is 2.17. The summed E-state index contributed by atoms with van der Waals surface area (Å²) in [6.45, 7) is 0.361. The molecular weight excluding hydrogens is 342 g/mol. The lowest BCUT2D eigenvalue weighted by atomic mass is 10.0. The van der Waals surface area contributed by atoms with Crippen LogP contribution in [0.4, 0.5) is 0 Å². The zero-order valence-electron chi connectivity index (χ0n) is 13.1. The van der Waals surface area contributed by atoms with Crippen LogP contribution in [0.3, 0.4) is 0 Å². The first kappa shape index (κ1) is 16.7. The third-order valence-electron chi connectivity index (χ3n) is 3.57. The fourth-order valence-corrected chi connectivity index (χ4v) is 2.58. The monoisotopic (exact) mass is 355 g/mol. The van der Waals surface area contributed by atoms with Gasteiger partial charge in [0.25, 0.3) is 5.09 Å². The Morgan fingerprint density at radius 3 is 2.44 bits per heavy atom. The first-order valence-corrected chi connectivity index (χ1v) is 7.84. The molecule has 0 radical (unpaired) electrons. The smallest absolute Gasteiger partial charge is 0.299 e. The maximum absolute atomic E-state index is 11.1. The van der Waals surface area contributed by atoms with Gasteiger partial charge in [-0.15, -0.1) is 10.1 Å². The van der Waals surface area contributed by atoms with Gasteiger partial charge in [0.2, 0.25) is 0 Å². The normalized spacial score (nSPS) is 11.7. The van der Waals surface area contributed by atoms with E-state index in [2.05, 4.69) is 4.98 Å². The number of aromatic nitrogens is 2. The van der Waals surface area contributed by atoms with Crippen molar-refractivity contribution in [1.29, 1.82) is 0 Å². The molecule has 0 aliphatic rings. The van der Waals surface area contributed by atoms with Crippen LogP contribution in [0.25, 0.3) is 11.3 Å². The van der Waals surface area contributed by atoms with E-state index in [0.29, 0.717) is 22.7 Å². The van der Waals surface area contributed by atoms with E-state index in [-0.39, 0.29) is 5.76 Å².